The minimum atomic E-state index is -0.557. The summed E-state index contributed by atoms with van der Waals surface area (Å²) in [7, 11) is 4.77. The third-order valence-electron chi connectivity index (χ3n) is 11.0. The molecule has 278 valence electrons. The lowest BCUT2D eigenvalue weighted by molar-refractivity contribution is -0.137. The van der Waals surface area contributed by atoms with E-state index in [0.29, 0.717) is 42.8 Å². The predicted octanol–water partition coefficient (Wildman–Crippen LogP) is 7.04. The van der Waals surface area contributed by atoms with Crippen LogP contribution in [0.3, 0.4) is 0 Å². The lowest BCUT2D eigenvalue weighted by Gasteiger charge is -2.39. The van der Waals surface area contributed by atoms with E-state index in [9.17, 15) is 9.18 Å². The second-order valence-electron chi connectivity index (χ2n) is 14.3. The highest BCUT2D eigenvalue weighted by molar-refractivity contribution is 5.85. The van der Waals surface area contributed by atoms with Gasteiger partial charge in [0.2, 0.25) is 17.6 Å². The van der Waals surface area contributed by atoms with Crippen LogP contribution in [0.15, 0.2) is 85.2 Å². The summed E-state index contributed by atoms with van der Waals surface area (Å²) in [5.41, 5.74) is 4.49. The van der Waals surface area contributed by atoms with Gasteiger partial charge in [-0.15, -0.1) is 0 Å². The van der Waals surface area contributed by atoms with Gasteiger partial charge in [0.25, 0.3) is 0 Å². The van der Waals surface area contributed by atoms with Crippen LogP contribution in [-0.2, 0) is 24.3 Å². The van der Waals surface area contributed by atoms with E-state index in [-0.39, 0.29) is 11.7 Å². The first kappa shape index (κ1) is 36.2. The molecule has 53 heavy (non-hydrogen) atoms. The van der Waals surface area contributed by atoms with E-state index in [4.69, 9.17) is 19.2 Å². The molecule has 2 fully saturated rings. The number of fused-ring (bicyclic) bond motifs is 1. The summed E-state index contributed by atoms with van der Waals surface area (Å²) in [6.07, 6.45) is 8.77. The number of hydrogen-bond acceptors (Lipinski definition) is 8. The Morgan fingerprint density at radius 3 is 2.34 bits per heavy atom. The number of imidazole rings is 1. The zero-order valence-corrected chi connectivity index (χ0v) is 30.9. The number of benzene rings is 3. The molecule has 1 atom stereocenters. The monoisotopic (exact) mass is 720 g/mol. The molecule has 2 aromatic heterocycles. The number of pyridine rings is 1. The van der Waals surface area contributed by atoms with Gasteiger partial charge in [0.15, 0.2) is 11.5 Å². The number of likely N-dealkylation sites (tertiary alicyclic amines) is 2. The number of anilines is 1. The molecule has 4 heterocycles. The van der Waals surface area contributed by atoms with Gasteiger partial charge in [-0.3, -0.25) is 9.78 Å². The van der Waals surface area contributed by atoms with Crippen molar-refractivity contribution in [1.82, 2.24) is 24.8 Å². The third-order valence-corrected chi connectivity index (χ3v) is 11.0. The summed E-state index contributed by atoms with van der Waals surface area (Å²) in [4.78, 5) is 34.2. The van der Waals surface area contributed by atoms with E-state index >= 15 is 0 Å². The van der Waals surface area contributed by atoms with Gasteiger partial charge < -0.3 is 33.9 Å². The highest BCUT2D eigenvalue weighted by atomic mass is 19.1. The summed E-state index contributed by atoms with van der Waals surface area (Å²) in [6.45, 7) is 4.69. The van der Waals surface area contributed by atoms with Gasteiger partial charge in [0, 0.05) is 51.2 Å². The fourth-order valence-electron chi connectivity index (χ4n) is 8.20. The molecule has 7 rings (SSSR count). The van der Waals surface area contributed by atoms with Crippen molar-refractivity contribution in [2.45, 2.75) is 57.7 Å². The number of amides is 1. The summed E-state index contributed by atoms with van der Waals surface area (Å²) < 4.78 is 30.5. The second-order valence-corrected chi connectivity index (χ2v) is 14.3. The highest BCUT2D eigenvalue weighted by Gasteiger charge is 2.46. The zero-order chi connectivity index (χ0) is 36.8. The smallest absolute Gasteiger partial charge is 0.229 e. The normalized spacial score (nSPS) is 18.1. The van der Waals surface area contributed by atoms with E-state index in [0.717, 1.165) is 92.0 Å². The molecule has 0 spiro atoms. The molecule has 0 bridgehead atoms. The van der Waals surface area contributed by atoms with Crippen molar-refractivity contribution in [3.8, 4) is 17.2 Å². The van der Waals surface area contributed by atoms with Crippen molar-refractivity contribution in [3.05, 3.63) is 108 Å². The predicted molar refractivity (Wildman–Crippen MR) is 204 cm³/mol. The lowest BCUT2D eigenvalue weighted by atomic mass is 9.76. The maximum absolute atomic E-state index is 14.4. The van der Waals surface area contributed by atoms with E-state index < -0.39 is 5.41 Å². The SMILES string of the molecule is COc1cc(CN2CCC(CCCN3CCC(N(Cc4cccnc4)c4nc5ccccc5[nH]4)CC3)(Cc3ccc(F)cc3)C2=O)cc(OC)c1OC. The molecule has 5 aromatic rings. The number of hydrogen-bond donors (Lipinski definition) is 1. The maximum Gasteiger partial charge on any atom is 0.229 e. The van der Waals surface area contributed by atoms with Gasteiger partial charge in [-0.2, -0.15) is 0 Å². The number of H-pyrrole nitrogens is 1. The number of ether oxygens (including phenoxy) is 3. The second kappa shape index (κ2) is 16.2. The Kier molecular flexibility index (Phi) is 11.1. The number of piperidine rings is 1. The molecule has 2 aliphatic rings. The largest absolute Gasteiger partial charge is 0.493 e. The fraction of sp³-hybridized carbons (Fsp3) is 0.405. The van der Waals surface area contributed by atoms with Crippen molar-refractivity contribution in [2.24, 2.45) is 5.41 Å². The molecule has 0 saturated carbocycles. The number of halogens is 1. The van der Waals surface area contributed by atoms with Gasteiger partial charge in [-0.25, -0.2) is 9.37 Å². The molecular weight excluding hydrogens is 671 g/mol. The Labute approximate surface area is 310 Å². The molecule has 1 unspecified atom stereocenters. The number of carbonyl (C=O) groups is 1. The van der Waals surface area contributed by atoms with Crippen molar-refractivity contribution in [3.63, 3.8) is 0 Å². The number of para-hydroxylation sites is 2. The zero-order valence-electron chi connectivity index (χ0n) is 30.9. The number of nitrogens with zero attached hydrogens (tertiary/aromatic N) is 5. The van der Waals surface area contributed by atoms with Crippen LogP contribution >= 0.6 is 0 Å². The van der Waals surface area contributed by atoms with Crippen LogP contribution in [0.4, 0.5) is 10.3 Å². The van der Waals surface area contributed by atoms with Gasteiger partial charge >= 0.3 is 0 Å². The van der Waals surface area contributed by atoms with Gasteiger partial charge in [-0.05, 0) is 104 Å². The summed E-state index contributed by atoms with van der Waals surface area (Å²) in [5.74, 6) is 2.42. The number of rotatable bonds is 15. The Balaban J connectivity index is 1.02. The minimum Gasteiger partial charge on any atom is -0.493 e. The maximum atomic E-state index is 14.4. The standard InChI is InChI=1S/C42H49FN6O4/c1-51-37-24-32(25-38(52-2)39(37)53-3)28-48-23-18-42(40(48)50,26-30-11-13-33(43)14-12-30)17-7-20-47-21-15-34(16-22-47)49(29-31-8-6-19-44-27-31)41-45-35-9-4-5-10-36(35)46-41/h4-6,8-14,19,24-25,27,34H,7,15-18,20-23,26,28-29H2,1-3H3,(H,45,46). The van der Waals surface area contributed by atoms with Crippen LogP contribution in [-0.4, -0.2) is 84.2 Å². The Morgan fingerprint density at radius 2 is 1.66 bits per heavy atom. The summed E-state index contributed by atoms with van der Waals surface area (Å²) >= 11 is 0. The highest BCUT2D eigenvalue weighted by Crippen LogP contribution is 2.43. The topological polar surface area (TPSA) is 96.1 Å². The van der Waals surface area contributed by atoms with Crippen LogP contribution in [0.5, 0.6) is 17.2 Å². The van der Waals surface area contributed by atoms with Crippen molar-refractivity contribution in [1.29, 1.82) is 0 Å². The van der Waals surface area contributed by atoms with Crippen molar-refractivity contribution >= 4 is 22.9 Å². The van der Waals surface area contributed by atoms with Crippen molar-refractivity contribution < 1.29 is 23.4 Å². The van der Waals surface area contributed by atoms with Gasteiger partial charge in [0.05, 0.1) is 37.8 Å². The number of methoxy groups -OCH3 is 3. The molecular formula is C42H49FN6O4. The molecule has 10 nitrogen and oxygen atoms in total. The van der Waals surface area contributed by atoms with E-state index in [1.54, 1.807) is 21.3 Å². The van der Waals surface area contributed by atoms with E-state index in [2.05, 4.69) is 31.9 Å². The van der Waals surface area contributed by atoms with E-state index in [1.165, 1.54) is 12.1 Å². The van der Waals surface area contributed by atoms with Gasteiger partial charge in [0.1, 0.15) is 5.82 Å². The molecule has 0 radical (unpaired) electrons. The van der Waals surface area contributed by atoms with Crippen LogP contribution in [0, 0.1) is 11.2 Å². The average molecular weight is 721 g/mol. The first-order chi connectivity index (χ1) is 25.9. The molecule has 0 aliphatic carbocycles. The Bertz CT molecular complexity index is 1920. The Hall–Kier alpha value is -5.16. The van der Waals surface area contributed by atoms with E-state index in [1.807, 2.05) is 65.8 Å². The molecule has 1 N–H and O–H groups in total. The average Bonchev–Trinajstić information content (AvgIpc) is 3.75. The van der Waals surface area contributed by atoms with Crippen LogP contribution < -0.4 is 19.1 Å². The molecule has 2 aliphatic heterocycles. The van der Waals surface area contributed by atoms with Crippen LogP contribution in [0.1, 0.15) is 48.8 Å². The first-order valence-electron chi connectivity index (χ1n) is 18.5. The van der Waals surface area contributed by atoms with Crippen LogP contribution in [0.2, 0.25) is 0 Å². The third kappa shape index (κ3) is 8.10. The Morgan fingerprint density at radius 1 is 0.906 bits per heavy atom. The van der Waals surface area contributed by atoms with Crippen molar-refractivity contribution in [2.75, 3.05) is 52.4 Å². The number of carbonyl (C=O) groups excluding carboxylic acids is 1. The number of aromatic nitrogens is 3. The summed E-state index contributed by atoms with van der Waals surface area (Å²) in [5, 5.41) is 0. The molecule has 11 heteroatoms. The lowest BCUT2D eigenvalue weighted by Crippen LogP contribution is -2.45. The molecule has 1 amide bonds. The first-order valence-corrected chi connectivity index (χ1v) is 18.5. The number of aromatic amines is 1. The minimum absolute atomic E-state index is 0.145. The molecule has 2 saturated heterocycles. The van der Waals surface area contributed by atoms with Gasteiger partial charge in [-0.1, -0.05) is 30.3 Å². The summed E-state index contributed by atoms with van der Waals surface area (Å²) in [6, 6.07) is 23.0. The quantitative estimate of drug-likeness (QED) is 0.123. The molecule has 3 aromatic carbocycles. The van der Waals surface area contributed by atoms with Crippen LogP contribution in [0.25, 0.3) is 11.0 Å². The number of nitrogens with one attached hydrogen (secondary N) is 1. The fourth-order valence-corrected chi connectivity index (χ4v) is 8.20.